The molecule has 0 aromatic heterocycles. The van der Waals surface area contributed by atoms with Crippen LogP contribution in [0.25, 0.3) is 0 Å². The maximum atomic E-state index is 12.8. The van der Waals surface area contributed by atoms with Crippen LogP contribution in [0.1, 0.15) is 0 Å². The van der Waals surface area contributed by atoms with Gasteiger partial charge in [0, 0.05) is 0 Å². The van der Waals surface area contributed by atoms with Crippen LogP contribution in [0.2, 0.25) is 0 Å². The summed E-state index contributed by atoms with van der Waals surface area (Å²) in [7, 11) is 0. The van der Waals surface area contributed by atoms with Crippen molar-refractivity contribution in [2.45, 2.75) is 18.0 Å². The zero-order valence-electron chi connectivity index (χ0n) is 6.91. The number of carboxylic acids is 1. The fourth-order valence-corrected chi connectivity index (χ4v) is 0.706. The molecule has 0 amide bonds. The Morgan fingerprint density at radius 1 is 0.938 bits per heavy atom. The summed E-state index contributed by atoms with van der Waals surface area (Å²) in [4.78, 5) is 19.6. The van der Waals surface area contributed by atoms with Crippen molar-refractivity contribution in [1.29, 1.82) is 0 Å². The monoisotopic (exact) mass is 254 g/mol. The molecule has 1 N–H and O–H groups in total. The third kappa shape index (κ3) is 2.01. The van der Waals surface area contributed by atoms with Crippen molar-refractivity contribution in [3.63, 3.8) is 0 Å². The normalized spacial score (nSPS) is 13.2. The van der Waals surface area contributed by atoms with E-state index in [2.05, 4.69) is 0 Å². The van der Waals surface area contributed by atoms with E-state index in [0.717, 1.165) is 0 Å². The van der Waals surface area contributed by atoms with Gasteiger partial charge in [0.2, 0.25) is 0 Å². The molecule has 0 radical (unpaired) electrons. The summed E-state index contributed by atoms with van der Waals surface area (Å²) in [5.41, 5.74) is -9.33. The Balaban J connectivity index is 6.01. The van der Waals surface area contributed by atoms with Crippen LogP contribution in [0.5, 0.6) is 0 Å². The van der Waals surface area contributed by atoms with Gasteiger partial charge in [-0.15, -0.1) is 0 Å². The summed E-state index contributed by atoms with van der Waals surface area (Å²) in [6, 6.07) is 0. The van der Waals surface area contributed by atoms with E-state index in [4.69, 9.17) is 5.11 Å². The van der Waals surface area contributed by atoms with Gasteiger partial charge in [0.25, 0.3) is 0 Å². The molecule has 0 unspecified atom stereocenters. The predicted octanol–water partition coefficient (Wildman–Crippen LogP) is 1.66. The summed E-state index contributed by atoms with van der Waals surface area (Å²) in [5.74, 6) is -3.19. The first-order valence-electron chi connectivity index (χ1n) is 3.20. The molecule has 0 bridgehead atoms. The van der Waals surface area contributed by atoms with E-state index in [1.807, 2.05) is 0 Å². The minimum Gasteiger partial charge on any atom is -0.477 e. The summed E-state index contributed by atoms with van der Waals surface area (Å²) < 4.78 is 83.8. The van der Waals surface area contributed by atoms with Gasteiger partial charge in [-0.25, -0.2) is 14.0 Å². The van der Waals surface area contributed by atoms with Crippen molar-refractivity contribution in [3.8, 4) is 0 Å². The summed E-state index contributed by atoms with van der Waals surface area (Å²) in [5, 5.41) is 7.90. The number of hydrogen-bond acceptors (Lipinski definition) is 2. The van der Waals surface area contributed by atoms with E-state index in [1.165, 1.54) is 0 Å². The van der Waals surface area contributed by atoms with E-state index >= 15 is 0 Å². The lowest BCUT2D eigenvalue weighted by atomic mass is 9.95. The summed E-state index contributed by atoms with van der Waals surface area (Å²) >= 11 is 0. The van der Waals surface area contributed by atoms with Gasteiger partial charge in [0.15, 0.2) is 5.57 Å². The molecular formula is C6HF7O3. The number of rotatable bonds is 2. The first-order valence-corrected chi connectivity index (χ1v) is 3.20. The molecule has 0 aliphatic rings. The van der Waals surface area contributed by atoms with Gasteiger partial charge in [-0.05, 0) is 0 Å². The second-order valence-electron chi connectivity index (χ2n) is 2.44. The molecule has 0 saturated carbocycles. The Bertz CT molecular complexity index is 332. The molecule has 92 valence electrons. The molecule has 0 aromatic carbocycles. The number of halogens is 7. The highest BCUT2D eigenvalue weighted by Gasteiger charge is 2.76. The maximum absolute atomic E-state index is 12.8. The standard InChI is InChI=1S/C6HF7O3/c7-4(5(8,9)10,6(11,12)13)2(1-14)3(15)16/h(H,15,16). The SMILES string of the molecule is O=C=C(C(=O)O)C(F)(C(F)(F)F)C(F)(F)F. The Morgan fingerprint density at radius 2 is 1.25 bits per heavy atom. The van der Waals surface area contributed by atoms with E-state index in [1.54, 1.807) is 0 Å². The van der Waals surface area contributed by atoms with Crippen LogP contribution >= 0.6 is 0 Å². The highest BCUT2D eigenvalue weighted by molar-refractivity contribution is 5.98. The highest BCUT2D eigenvalue weighted by atomic mass is 19.4. The minimum atomic E-state index is -6.63. The number of aliphatic carboxylic acids is 1. The molecule has 3 nitrogen and oxygen atoms in total. The molecule has 0 rings (SSSR count). The molecule has 0 fully saturated rings. The number of carbonyl (C=O) groups excluding carboxylic acids is 1. The lowest BCUT2D eigenvalue weighted by molar-refractivity contribution is -0.325. The molecule has 10 heteroatoms. The molecule has 0 aliphatic heterocycles. The Hall–Kier alpha value is -1.57. The number of carboxylic acid groups (broad SMARTS) is 1. The number of alkyl halides is 7. The summed E-state index contributed by atoms with van der Waals surface area (Å²) in [6.45, 7) is 0. The molecule has 0 aromatic rings. The molecule has 0 saturated heterocycles. The molecule has 16 heavy (non-hydrogen) atoms. The Labute approximate surface area is 82.2 Å². The van der Waals surface area contributed by atoms with Crippen molar-refractivity contribution in [2.24, 2.45) is 0 Å². The average Bonchev–Trinajstić information content (AvgIpc) is 1.99. The van der Waals surface area contributed by atoms with Crippen LogP contribution in [0.15, 0.2) is 5.57 Å². The number of hydrogen-bond donors (Lipinski definition) is 1. The van der Waals surface area contributed by atoms with Crippen molar-refractivity contribution in [1.82, 2.24) is 0 Å². The molecule has 0 aliphatic carbocycles. The van der Waals surface area contributed by atoms with Gasteiger partial charge in [0.05, 0.1) is 0 Å². The molecule has 0 spiro atoms. The van der Waals surface area contributed by atoms with Crippen LogP contribution < -0.4 is 0 Å². The van der Waals surface area contributed by atoms with E-state index < -0.39 is 29.6 Å². The van der Waals surface area contributed by atoms with Gasteiger partial charge >= 0.3 is 24.0 Å². The first kappa shape index (κ1) is 14.4. The van der Waals surface area contributed by atoms with Gasteiger partial charge in [0.1, 0.15) is 5.94 Å². The van der Waals surface area contributed by atoms with Gasteiger partial charge < -0.3 is 5.11 Å². The fourth-order valence-electron chi connectivity index (χ4n) is 0.706. The van der Waals surface area contributed by atoms with E-state index in [9.17, 15) is 40.3 Å². The van der Waals surface area contributed by atoms with Crippen LogP contribution in [0.4, 0.5) is 30.7 Å². The third-order valence-electron chi connectivity index (χ3n) is 1.44. The zero-order valence-corrected chi connectivity index (χ0v) is 6.91. The van der Waals surface area contributed by atoms with E-state index in [-0.39, 0.29) is 5.94 Å². The van der Waals surface area contributed by atoms with Crippen molar-refractivity contribution >= 4 is 11.9 Å². The largest absolute Gasteiger partial charge is 0.477 e. The van der Waals surface area contributed by atoms with Crippen LogP contribution in [0.3, 0.4) is 0 Å². The van der Waals surface area contributed by atoms with E-state index in [0.29, 0.717) is 0 Å². The van der Waals surface area contributed by atoms with Gasteiger partial charge in [-0.2, -0.15) is 26.3 Å². The average molecular weight is 254 g/mol. The van der Waals surface area contributed by atoms with Gasteiger partial charge in [-0.3, -0.25) is 0 Å². The molecule has 0 heterocycles. The lowest BCUT2D eigenvalue weighted by Crippen LogP contribution is -2.56. The number of carbonyl (C=O) groups is 1. The molecular weight excluding hydrogens is 253 g/mol. The van der Waals surface area contributed by atoms with Crippen molar-refractivity contribution in [2.75, 3.05) is 0 Å². The van der Waals surface area contributed by atoms with Crippen LogP contribution in [-0.4, -0.2) is 35.0 Å². The zero-order chi connectivity index (χ0) is 13.4. The smallest absolute Gasteiger partial charge is 0.437 e. The summed E-state index contributed by atoms with van der Waals surface area (Å²) in [6.07, 6.45) is -13.3. The van der Waals surface area contributed by atoms with Gasteiger partial charge in [-0.1, -0.05) is 0 Å². The quantitative estimate of drug-likeness (QED) is 0.463. The third-order valence-corrected chi connectivity index (χ3v) is 1.44. The Morgan fingerprint density at radius 3 is 1.31 bits per heavy atom. The minimum absolute atomic E-state index is 0.193. The van der Waals surface area contributed by atoms with Crippen LogP contribution in [-0.2, 0) is 9.59 Å². The van der Waals surface area contributed by atoms with Crippen molar-refractivity contribution < 1.29 is 45.4 Å². The topological polar surface area (TPSA) is 54.4 Å². The maximum Gasteiger partial charge on any atom is 0.437 e. The highest BCUT2D eigenvalue weighted by Crippen LogP contribution is 2.49. The lowest BCUT2D eigenvalue weighted by Gasteiger charge is -2.28. The van der Waals surface area contributed by atoms with Crippen molar-refractivity contribution in [3.05, 3.63) is 5.57 Å². The Kier molecular flexibility index (Phi) is 3.41. The van der Waals surface area contributed by atoms with Crippen LogP contribution in [0, 0.1) is 0 Å². The second kappa shape index (κ2) is 3.78. The molecule has 0 atom stereocenters. The predicted molar refractivity (Wildman–Crippen MR) is 32.8 cm³/mol. The fraction of sp³-hybridized carbons (Fsp3) is 0.500. The second-order valence-corrected chi connectivity index (χ2v) is 2.44. The first-order chi connectivity index (χ1) is 6.89.